The monoisotopic (exact) mass is 426 g/mol. The molecule has 1 aromatic heterocycles. The molecular weight excluding hydrogens is 415 g/mol. The van der Waals surface area contributed by atoms with E-state index in [0.29, 0.717) is 20.6 Å². The van der Waals surface area contributed by atoms with Crippen molar-refractivity contribution in [1.82, 2.24) is 0 Å². The van der Waals surface area contributed by atoms with Crippen LogP contribution in [0.2, 0.25) is 10.0 Å². The molecule has 134 valence electrons. The summed E-state index contributed by atoms with van der Waals surface area (Å²) >= 11 is 13.1. The topological polar surface area (TPSA) is 75.3 Å². The third-order valence-electron chi connectivity index (χ3n) is 3.28. The molecule has 0 radical (unpaired) electrons. The number of thiophene rings is 1. The van der Waals surface area contributed by atoms with Crippen LogP contribution >= 0.6 is 34.5 Å². The van der Waals surface area contributed by atoms with Crippen LogP contribution in [0.4, 0.5) is 11.4 Å². The highest BCUT2D eigenvalue weighted by Gasteiger charge is 2.15. The lowest BCUT2D eigenvalue weighted by Gasteiger charge is -2.10. The highest BCUT2D eigenvalue weighted by atomic mass is 35.5. The molecule has 0 saturated heterocycles. The van der Waals surface area contributed by atoms with Gasteiger partial charge in [-0.3, -0.25) is 9.52 Å². The number of sulfonamides is 1. The normalized spacial score (nSPS) is 11.2. The summed E-state index contributed by atoms with van der Waals surface area (Å²) in [7, 11) is -3.81. The average molecular weight is 427 g/mol. The van der Waals surface area contributed by atoms with E-state index in [2.05, 4.69) is 10.0 Å². The fraction of sp³-hybridized carbons (Fsp3) is 0. The number of carbonyl (C=O) groups is 1. The summed E-state index contributed by atoms with van der Waals surface area (Å²) in [5, 5.41) is 5.16. The van der Waals surface area contributed by atoms with Gasteiger partial charge in [0.05, 0.1) is 15.5 Å². The van der Waals surface area contributed by atoms with Crippen molar-refractivity contribution in [3.8, 4) is 0 Å². The number of halogens is 2. The summed E-state index contributed by atoms with van der Waals surface area (Å²) in [6.07, 6.45) is 0. The Hall–Kier alpha value is -2.06. The Morgan fingerprint density at radius 2 is 1.58 bits per heavy atom. The molecule has 0 bridgehead atoms. The maximum absolute atomic E-state index is 12.5. The molecule has 9 heteroatoms. The Labute approximate surface area is 164 Å². The minimum absolute atomic E-state index is 0.0442. The van der Waals surface area contributed by atoms with E-state index in [1.807, 2.05) is 0 Å². The second-order valence-corrected chi connectivity index (χ2v) is 8.72. The second kappa shape index (κ2) is 7.67. The van der Waals surface area contributed by atoms with Crippen molar-refractivity contribution >= 4 is 61.8 Å². The van der Waals surface area contributed by atoms with Crippen LogP contribution in [0.5, 0.6) is 0 Å². The number of hydrogen-bond acceptors (Lipinski definition) is 4. The number of amides is 1. The zero-order valence-electron chi connectivity index (χ0n) is 13.1. The van der Waals surface area contributed by atoms with E-state index in [1.54, 1.807) is 17.5 Å². The van der Waals surface area contributed by atoms with Gasteiger partial charge in [-0.25, -0.2) is 8.42 Å². The van der Waals surface area contributed by atoms with Crippen LogP contribution in [0, 0.1) is 0 Å². The molecule has 0 spiro atoms. The Morgan fingerprint density at radius 1 is 0.923 bits per heavy atom. The summed E-state index contributed by atoms with van der Waals surface area (Å²) < 4.78 is 27.3. The molecule has 2 N–H and O–H groups in total. The number of benzene rings is 2. The minimum Gasteiger partial charge on any atom is -0.321 e. The van der Waals surface area contributed by atoms with Crippen molar-refractivity contribution in [2.24, 2.45) is 0 Å². The number of carbonyl (C=O) groups excluding carboxylic acids is 1. The smallest absolute Gasteiger partial charge is 0.265 e. The molecule has 1 heterocycles. The molecule has 2 aromatic carbocycles. The molecule has 3 aromatic rings. The van der Waals surface area contributed by atoms with E-state index in [4.69, 9.17) is 23.2 Å². The molecular formula is C17H12Cl2N2O3S2. The van der Waals surface area contributed by atoms with Crippen LogP contribution in [0.15, 0.2) is 64.9 Å². The standard InChI is InChI=1S/C17H12Cl2N2O3S2/c18-11-8-12(19)10-14(9-11)21-26(23,24)15-5-3-13(4-6-15)20-17(22)16-2-1-7-25-16/h1-10,21H,(H,20,22). The van der Waals surface area contributed by atoms with Gasteiger partial charge in [0.1, 0.15) is 0 Å². The summed E-state index contributed by atoms with van der Waals surface area (Å²) in [6, 6.07) is 13.8. The summed E-state index contributed by atoms with van der Waals surface area (Å²) in [5.74, 6) is -0.248. The molecule has 0 atom stereocenters. The highest BCUT2D eigenvalue weighted by Crippen LogP contribution is 2.25. The second-order valence-electron chi connectivity index (χ2n) is 5.22. The Balaban J connectivity index is 1.75. The molecule has 0 aliphatic carbocycles. The predicted molar refractivity (Wildman–Crippen MR) is 106 cm³/mol. The summed E-state index contributed by atoms with van der Waals surface area (Å²) in [6.45, 7) is 0. The fourth-order valence-electron chi connectivity index (χ4n) is 2.14. The lowest BCUT2D eigenvalue weighted by molar-refractivity contribution is 0.103. The van der Waals surface area contributed by atoms with Gasteiger partial charge in [0.15, 0.2) is 0 Å². The van der Waals surface area contributed by atoms with Crippen molar-refractivity contribution in [3.05, 3.63) is 74.9 Å². The van der Waals surface area contributed by atoms with E-state index in [1.165, 1.54) is 53.8 Å². The summed E-state index contributed by atoms with van der Waals surface area (Å²) in [5.41, 5.74) is 0.755. The maximum Gasteiger partial charge on any atom is 0.265 e. The van der Waals surface area contributed by atoms with Gasteiger partial charge in [-0.05, 0) is 53.9 Å². The Bertz CT molecular complexity index is 1010. The SMILES string of the molecule is O=C(Nc1ccc(S(=O)(=O)Nc2cc(Cl)cc(Cl)c2)cc1)c1cccs1. The molecule has 0 saturated carbocycles. The zero-order valence-corrected chi connectivity index (χ0v) is 16.2. The van der Waals surface area contributed by atoms with Gasteiger partial charge in [0.25, 0.3) is 15.9 Å². The number of hydrogen-bond donors (Lipinski definition) is 2. The van der Waals surface area contributed by atoms with Gasteiger partial charge >= 0.3 is 0 Å². The first kappa shape index (κ1) is 18.7. The van der Waals surface area contributed by atoms with Crippen molar-refractivity contribution in [2.75, 3.05) is 10.0 Å². The quantitative estimate of drug-likeness (QED) is 0.594. The van der Waals surface area contributed by atoms with E-state index >= 15 is 0 Å². The van der Waals surface area contributed by atoms with Crippen LogP contribution in [0.3, 0.4) is 0 Å². The first-order valence-corrected chi connectivity index (χ1v) is 10.4. The van der Waals surface area contributed by atoms with Gasteiger partial charge in [-0.15, -0.1) is 11.3 Å². The highest BCUT2D eigenvalue weighted by molar-refractivity contribution is 7.92. The van der Waals surface area contributed by atoms with E-state index in [-0.39, 0.29) is 16.5 Å². The predicted octanol–water partition coefficient (Wildman–Crippen LogP) is 5.11. The first-order chi connectivity index (χ1) is 12.3. The minimum atomic E-state index is -3.81. The fourth-order valence-corrected chi connectivity index (χ4v) is 4.33. The van der Waals surface area contributed by atoms with Gasteiger partial charge in [0, 0.05) is 15.7 Å². The van der Waals surface area contributed by atoms with Gasteiger partial charge < -0.3 is 5.32 Å². The van der Waals surface area contributed by atoms with Crippen LogP contribution in [0.1, 0.15) is 9.67 Å². The Kier molecular flexibility index (Phi) is 5.52. The van der Waals surface area contributed by atoms with Crippen LogP contribution < -0.4 is 10.0 Å². The molecule has 0 unspecified atom stereocenters. The molecule has 0 aliphatic heterocycles. The zero-order chi connectivity index (χ0) is 18.7. The van der Waals surface area contributed by atoms with E-state index in [9.17, 15) is 13.2 Å². The molecule has 0 fully saturated rings. The van der Waals surface area contributed by atoms with Crippen LogP contribution in [-0.4, -0.2) is 14.3 Å². The van der Waals surface area contributed by atoms with Crippen molar-refractivity contribution < 1.29 is 13.2 Å². The number of nitrogens with one attached hydrogen (secondary N) is 2. The largest absolute Gasteiger partial charge is 0.321 e. The third-order valence-corrected chi connectivity index (χ3v) is 5.98. The molecule has 0 aliphatic rings. The van der Waals surface area contributed by atoms with Crippen molar-refractivity contribution in [1.29, 1.82) is 0 Å². The van der Waals surface area contributed by atoms with Crippen molar-refractivity contribution in [3.63, 3.8) is 0 Å². The van der Waals surface area contributed by atoms with Gasteiger partial charge in [-0.2, -0.15) is 0 Å². The number of anilines is 2. The molecule has 1 amide bonds. The molecule has 3 rings (SSSR count). The average Bonchev–Trinajstić information content (AvgIpc) is 3.08. The Morgan fingerprint density at radius 3 is 2.15 bits per heavy atom. The van der Waals surface area contributed by atoms with Crippen LogP contribution in [-0.2, 0) is 10.0 Å². The third kappa shape index (κ3) is 4.56. The number of rotatable bonds is 5. The van der Waals surface area contributed by atoms with E-state index < -0.39 is 10.0 Å². The molecule has 26 heavy (non-hydrogen) atoms. The lowest BCUT2D eigenvalue weighted by Crippen LogP contribution is -2.13. The lowest BCUT2D eigenvalue weighted by atomic mass is 10.3. The first-order valence-electron chi connectivity index (χ1n) is 7.27. The van der Waals surface area contributed by atoms with E-state index in [0.717, 1.165) is 0 Å². The summed E-state index contributed by atoms with van der Waals surface area (Å²) in [4.78, 5) is 12.6. The van der Waals surface area contributed by atoms with Gasteiger partial charge in [0.2, 0.25) is 0 Å². The maximum atomic E-state index is 12.5. The van der Waals surface area contributed by atoms with Crippen LogP contribution in [0.25, 0.3) is 0 Å². The van der Waals surface area contributed by atoms with Crippen molar-refractivity contribution in [2.45, 2.75) is 4.90 Å². The molecule has 5 nitrogen and oxygen atoms in total. The van der Waals surface area contributed by atoms with Gasteiger partial charge in [-0.1, -0.05) is 29.3 Å².